The van der Waals surface area contributed by atoms with Crippen LogP contribution >= 0.6 is 0 Å². The number of aryl methyl sites for hydroxylation is 2. The summed E-state index contributed by atoms with van der Waals surface area (Å²) in [6.45, 7) is 0. The fourth-order valence-electron chi connectivity index (χ4n) is 4.59. The monoisotopic (exact) mass is 453 g/mol. The van der Waals surface area contributed by atoms with Crippen LogP contribution in [-0.4, -0.2) is 18.3 Å². The molecule has 1 aliphatic carbocycles. The molecule has 30 heavy (non-hydrogen) atoms. The average Bonchev–Trinajstić information content (AvgIpc) is 2.77. The van der Waals surface area contributed by atoms with Gasteiger partial charge in [0.05, 0.1) is 0 Å². The zero-order valence-corrected chi connectivity index (χ0v) is 20.3. The van der Waals surface area contributed by atoms with E-state index in [-0.39, 0.29) is 0 Å². The Kier molecular flexibility index (Phi) is 5.02. The molecule has 0 bridgehead atoms. The van der Waals surface area contributed by atoms with Gasteiger partial charge in [-0.3, -0.25) is 0 Å². The van der Waals surface area contributed by atoms with Crippen molar-refractivity contribution < 1.29 is 0 Å². The second-order valence-corrected chi connectivity index (χ2v) is 20.2. The van der Waals surface area contributed by atoms with E-state index in [1.165, 1.54) is 63.3 Å². The third kappa shape index (κ3) is 3.72. The van der Waals surface area contributed by atoms with Gasteiger partial charge >= 0.3 is 183 Å². The number of rotatable bonds is 3. The minimum atomic E-state index is -1.92. The van der Waals surface area contributed by atoms with E-state index in [0.29, 0.717) is 0 Å². The van der Waals surface area contributed by atoms with Crippen molar-refractivity contribution >= 4 is 28.6 Å². The molecule has 0 amide bonds. The molecule has 1 nitrogen and oxygen atoms in total. The Hall–Kier alpha value is -2.39. The van der Waals surface area contributed by atoms with Gasteiger partial charge in [0.2, 0.25) is 0 Å². The van der Waals surface area contributed by atoms with Gasteiger partial charge in [0.1, 0.15) is 0 Å². The van der Waals surface area contributed by atoms with Crippen molar-refractivity contribution in [2.75, 3.05) is 0 Å². The van der Waals surface area contributed by atoms with Crippen LogP contribution in [0, 0.1) is 0 Å². The fraction of sp³-hybridized carbons (Fsp3) is 0.250. The summed E-state index contributed by atoms with van der Waals surface area (Å²) in [4.78, 5) is 5.12. The number of hydrogen-bond donors (Lipinski definition) is 0. The van der Waals surface area contributed by atoms with Crippen LogP contribution < -0.4 is 4.40 Å². The van der Waals surface area contributed by atoms with Crippen molar-refractivity contribution in [3.05, 3.63) is 83.9 Å². The molecule has 0 saturated heterocycles. The van der Waals surface area contributed by atoms with Crippen LogP contribution in [-0.2, 0) is 12.8 Å². The zero-order valence-electron chi connectivity index (χ0n) is 18.2. The minimum absolute atomic E-state index is 1.08. The quantitative estimate of drug-likeness (QED) is 0.306. The van der Waals surface area contributed by atoms with Gasteiger partial charge in [0.25, 0.3) is 0 Å². The molecule has 4 aromatic rings. The average molecular weight is 452 g/mol. The van der Waals surface area contributed by atoms with Crippen molar-refractivity contribution in [3.8, 4) is 22.4 Å². The van der Waals surface area contributed by atoms with E-state index in [4.69, 9.17) is 4.98 Å². The summed E-state index contributed by atoms with van der Waals surface area (Å²) in [5.74, 6) is 7.37. The summed E-state index contributed by atoms with van der Waals surface area (Å²) in [6.07, 6.45) is 5.04. The maximum absolute atomic E-state index is 5.12. The van der Waals surface area contributed by atoms with Gasteiger partial charge in [-0.2, -0.15) is 0 Å². The number of nitrogens with zero attached hydrogens (tertiary/aromatic N) is 1. The Morgan fingerprint density at radius 1 is 0.700 bits per heavy atom. The molecule has 0 N–H and O–H groups in total. The Morgan fingerprint density at radius 2 is 1.47 bits per heavy atom. The van der Waals surface area contributed by atoms with E-state index in [1.54, 1.807) is 0 Å². The molecule has 1 aromatic heterocycles. The summed E-state index contributed by atoms with van der Waals surface area (Å²) in [5, 5.41) is 1.28. The van der Waals surface area contributed by atoms with E-state index in [9.17, 15) is 0 Å². The molecule has 0 saturated carbocycles. The third-order valence-electron chi connectivity index (χ3n) is 6.40. The van der Waals surface area contributed by atoms with Gasteiger partial charge in [0, 0.05) is 0 Å². The molecule has 0 unspecified atom stereocenters. The van der Waals surface area contributed by atoms with Gasteiger partial charge in [-0.1, -0.05) is 0 Å². The first-order valence-electron chi connectivity index (χ1n) is 11.1. The van der Waals surface area contributed by atoms with E-state index < -0.39 is 13.3 Å². The van der Waals surface area contributed by atoms with E-state index in [0.717, 1.165) is 11.2 Å². The van der Waals surface area contributed by atoms with Crippen molar-refractivity contribution in [3.63, 3.8) is 0 Å². The molecule has 0 atom stereocenters. The molecular formula is C28H29GeN. The van der Waals surface area contributed by atoms with Crippen LogP contribution in [0.15, 0.2) is 72.8 Å². The van der Waals surface area contributed by atoms with Crippen molar-refractivity contribution in [2.45, 2.75) is 43.0 Å². The van der Waals surface area contributed by atoms with Crippen LogP contribution in [0.5, 0.6) is 0 Å². The Labute approximate surface area is 182 Å². The molecular weight excluding hydrogens is 423 g/mol. The van der Waals surface area contributed by atoms with Crippen molar-refractivity contribution in [2.24, 2.45) is 0 Å². The van der Waals surface area contributed by atoms with Crippen molar-refractivity contribution in [1.82, 2.24) is 4.98 Å². The number of pyridine rings is 1. The number of fused-ring (bicyclic) bond motifs is 2. The molecule has 150 valence electrons. The fourth-order valence-corrected chi connectivity index (χ4v) is 7.02. The number of benzene rings is 3. The van der Waals surface area contributed by atoms with Crippen LogP contribution in [0.3, 0.4) is 0 Å². The van der Waals surface area contributed by atoms with E-state index in [2.05, 4.69) is 90.1 Å². The molecule has 0 aliphatic heterocycles. The molecule has 5 rings (SSSR count). The summed E-state index contributed by atoms with van der Waals surface area (Å²) in [5.41, 5.74) is 9.02. The van der Waals surface area contributed by atoms with Crippen LogP contribution in [0.4, 0.5) is 0 Å². The normalized spacial score (nSPS) is 14.0. The number of hydrogen-bond acceptors (Lipinski definition) is 1. The molecule has 1 heterocycles. The molecule has 1 aliphatic rings. The summed E-state index contributed by atoms with van der Waals surface area (Å²) in [7, 11) is 0. The van der Waals surface area contributed by atoms with E-state index >= 15 is 0 Å². The summed E-state index contributed by atoms with van der Waals surface area (Å²) < 4.78 is 1.53. The van der Waals surface area contributed by atoms with E-state index in [1.807, 2.05) is 0 Å². The predicted molar refractivity (Wildman–Crippen MR) is 132 cm³/mol. The maximum atomic E-state index is 5.12. The molecule has 0 radical (unpaired) electrons. The zero-order chi connectivity index (χ0) is 20.7. The standard InChI is InChI=1S/C28H29GeN/c1-29(2,3)24-15-16-27-26(18-24)25(21-10-5-4-6-11-21)19-28(30-27)23-14-13-20-9-7-8-12-22(20)17-23/h4-6,10-11,13-19H,7-9,12H2,1-3H3. The first-order chi connectivity index (χ1) is 14.5. The van der Waals surface area contributed by atoms with Gasteiger partial charge in [-0.25, -0.2) is 0 Å². The Morgan fingerprint density at radius 3 is 2.23 bits per heavy atom. The van der Waals surface area contributed by atoms with Crippen LogP contribution in [0.2, 0.25) is 17.3 Å². The molecule has 0 spiro atoms. The number of aromatic nitrogens is 1. The van der Waals surface area contributed by atoms with Crippen LogP contribution in [0.25, 0.3) is 33.3 Å². The second kappa shape index (κ2) is 7.70. The first-order valence-corrected chi connectivity index (χ1v) is 18.5. The van der Waals surface area contributed by atoms with Gasteiger partial charge in [-0.15, -0.1) is 0 Å². The summed E-state index contributed by atoms with van der Waals surface area (Å²) in [6, 6.07) is 27.1. The molecule has 3 aromatic carbocycles. The molecule has 2 heteroatoms. The predicted octanol–water partition coefficient (Wildman–Crippen LogP) is 6.99. The molecule has 0 fully saturated rings. The summed E-state index contributed by atoms with van der Waals surface area (Å²) >= 11 is -1.92. The SMILES string of the molecule is [CH3][Ge]([CH3])([CH3])[c]1ccc2nc(-c3ccc4c(c3)CCCC4)cc(-c3ccccc3)c2c1. The van der Waals surface area contributed by atoms with Gasteiger partial charge in [0.15, 0.2) is 0 Å². The topological polar surface area (TPSA) is 12.9 Å². The third-order valence-corrected chi connectivity index (χ3v) is 10.7. The Balaban J connectivity index is 1.73. The van der Waals surface area contributed by atoms with Crippen LogP contribution in [0.1, 0.15) is 24.0 Å². The van der Waals surface area contributed by atoms with Gasteiger partial charge < -0.3 is 0 Å². The van der Waals surface area contributed by atoms with Crippen molar-refractivity contribution in [1.29, 1.82) is 0 Å². The first kappa shape index (κ1) is 19.6. The Bertz CT molecular complexity index is 1220. The second-order valence-electron chi connectivity index (χ2n) is 9.59. The van der Waals surface area contributed by atoms with Gasteiger partial charge in [-0.05, 0) is 0 Å².